The zero-order chi connectivity index (χ0) is 13.0. The fourth-order valence-electron chi connectivity index (χ4n) is 2.82. The molecule has 0 amide bonds. The third-order valence-electron chi connectivity index (χ3n) is 3.56. The quantitative estimate of drug-likeness (QED) is 0.840. The Labute approximate surface area is 111 Å². The summed E-state index contributed by atoms with van der Waals surface area (Å²) in [7, 11) is 0. The van der Waals surface area contributed by atoms with Gasteiger partial charge in [0.1, 0.15) is 0 Å². The van der Waals surface area contributed by atoms with Gasteiger partial charge >= 0.3 is 0 Å². The van der Waals surface area contributed by atoms with Crippen molar-refractivity contribution in [2.75, 3.05) is 23.3 Å². The normalized spacial score (nSPS) is 17.2. The molecule has 1 unspecified atom stereocenters. The molecule has 1 fully saturated rings. The van der Waals surface area contributed by atoms with Crippen molar-refractivity contribution in [2.24, 2.45) is 5.92 Å². The molecule has 0 aliphatic carbocycles. The molecule has 1 aromatic rings. The van der Waals surface area contributed by atoms with Gasteiger partial charge in [-0.05, 0) is 50.3 Å². The van der Waals surface area contributed by atoms with Crippen molar-refractivity contribution < 1.29 is 0 Å². The Hall–Kier alpha value is -1.18. The first kappa shape index (κ1) is 13.3. The minimum Gasteiger partial charge on any atom is -0.383 e. The first-order valence-corrected chi connectivity index (χ1v) is 7.26. The molecule has 0 radical (unpaired) electrons. The highest BCUT2D eigenvalue weighted by Gasteiger charge is 2.12. The highest BCUT2D eigenvalue weighted by molar-refractivity contribution is 5.58. The Morgan fingerprint density at radius 2 is 1.89 bits per heavy atom. The number of anilines is 2. The fraction of sp³-hybridized carbons (Fsp3) is 0.625. The van der Waals surface area contributed by atoms with E-state index in [2.05, 4.69) is 55.3 Å². The standard InChI is InChI=1S/C16H26N2/c1-13(2)11-14(3)17-15-7-6-8-16(12-15)18-9-4-5-10-18/h6-8,12-14,17H,4-5,9-11H2,1-3H3. The molecule has 1 N–H and O–H groups in total. The van der Waals surface area contributed by atoms with Gasteiger partial charge in [-0.3, -0.25) is 0 Å². The van der Waals surface area contributed by atoms with E-state index >= 15 is 0 Å². The van der Waals surface area contributed by atoms with E-state index in [0.29, 0.717) is 6.04 Å². The van der Waals surface area contributed by atoms with Crippen molar-refractivity contribution >= 4 is 11.4 Å². The van der Waals surface area contributed by atoms with Gasteiger partial charge in [-0.15, -0.1) is 0 Å². The topological polar surface area (TPSA) is 15.3 Å². The summed E-state index contributed by atoms with van der Waals surface area (Å²) in [6.07, 6.45) is 3.89. The zero-order valence-electron chi connectivity index (χ0n) is 11.9. The van der Waals surface area contributed by atoms with Crippen LogP contribution in [0.2, 0.25) is 0 Å². The molecule has 2 rings (SSSR count). The Morgan fingerprint density at radius 3 is 2.56 bits per heavy atom. The van der Waals surface area contributed by atoms with Crippen LogP contribution < -0.4 is 10.2 Å². The largest absolute Gasteiger partial charge is 0.383 e. The molecule has 2 heteroatoms. The number of hydrogen-bond acceptors (Lipinski definition) is 2. The summed E-state index contributed by atoms with van der Waals surface area (Å²) in [6.45, 7) is 9.25. The Morgan fingerprint density at radius 1 is 1.17 bits per heavy atom. The third kappa shape index (κ3) is 3.66. The molecule has 1 heterocycles. The maximum atomic E-state index is 3.61. The highest BCUT2D eigenvalue weighted by atomic mass is 15.1. The SMILES string of the molecule is CC(C)CC(C)Nc1cccc(N2CCCC2)c1. The Kier molecular flexibility index (Phi) is 4.51. The lowest BCUT2D eigenvalue weighted by Gasteiger charge is -2.21. The number of nitrogens with zero attached hydrogens (tertiary/aromatic N) is 1. The van der Waals surface area contributed by atoms with Crippen molar-refractivity contribution in [1.82, 2.24) is 0 Å². The molecule has 0 aromatic heterocycles. The third-order valence-corrected chi connectivity index (χ3v) is 3.56. The van der Waals surface area contributed by atoms with Crippen LogP contribution in [0.15, 0.2) is 24.3 Å². The second-order valence-corrected chi connectivity index (χ2v) is 5.92. The average molecular weight is 246 g/mol. The predicted octanol–water partition coefficient (Wildman–Crippen LogP) is 4.13. The van der Waals surface area contributed by atoms with E-state index in [4.69, 9.17) is 0 Å². The molecular weight excluding hydrogens is 220 g/mol. The fourth-order valence-corrected chi connectivity index (χ4v) is 2.82. The van der Waals surface area contributed by atoms with Crippen molar-refractivity contribution in [2.45, 2.75) is 46.1 Å². The first-order valence-electron chi connectivity index (χ1n) is 7.26. The number of benzene rings is 1. The maximum Gasteiger partial charge on any atom is 0.0386 e. The van der Waals surface area contributed by atoms with Crippen molar-refractivity contribution in [3.05, 3.63) is 24.3 Å². The molecule has 0 saturated carbocycles. The minimum absolute atomic E-state index is 0.541. The Bertz CT molecular complexity index is 367. The lowest BCUT2D eigenvalue weighted by atomic mass is 10.1. The summed E-state index contributed by atoms with van der Waals surface area (Å²) in [4.78, 5) is 2.48. The van der Waals surface area contributed by atoms with Gasteiger partial charge in [-0.1, -0.05) is 19.9 Å². The monoisotopic (exact) mass is 246 g/mol. The van der Waals surface area contributed by atoms with Crippen LogP contribution in [0.5, 0.6) is 0 Å². The van der Waals surface area contributed by atoms with Crippen LogP contribution in [-0.2, 0) is 0 Å². The molecule has 1 aromatic carbocycles. The van der Waals surface area contributed by atoms with Gasteiger partial charge in [0.15, 0.2) is 0 Å². The van der Waals surface area contributed by atoms with Gasteiger partial charge in [0.2, 0.25) is 0 Å². The molecular formula is C16H26N2. The minimum atomic E-state index is 0.541. The van der Waals surface area contributed by atoms with Crippen LogP contribution in [0.1, 0.15) is 40.0 Å². The molecule has 1 atom stereocenters. The van der Waals surface area contributed by atoms with Gasteiger partial charge in [0.25, 0.3) is 0 Å². The molecule has 1 aliphatic rings. The highest BCUT2D eigenvalue weighted by Crippen LogP contribution is 2.24. The molecule has 2 nitrogen and oxygen atoms in total. The van der Waals surface area contributed by atoms with E-state index in [-0.39, 0.29) is 0 Å². The molecule has 100 valence electrons. The van der Waals surface area contributed by atoms with Crippen molar-refractivity contribution in [3.63, 3.8) is 0 Å². The molecule has 0 spiro atoms. The summed E-state index contributed by atoms with van der Waals surface area (Å²) in [5.41, 5.74) is 2.63. The lowest BCUT2D eigenvalue weighted by molar-refractivity contribution is 0.540. The van der Waals surface area contributed by atoms with E-state index in [9.17, 15) is 0 Å². The van der Waals surface area contributed by atoms with Crippen LogP contribution >= 0.6 is 0 Å². The van der Waals surface area contributed by atoms with Crippen LogP contribution in [0.3, 0.4) is 0 Å². The van der Waals surface area contributed by atoms with Crippen LogP contribution in [-0.4, -0.2) is 19.1 Å². The number of hydrogen-bond donors (Lipinski definition) is 1. The van der Waals surface area contributed by atoms with E-state index in [1.807, 2.05) is 0 Å². The number of rotatable bonds is 5. The van der Waals surface area contributed by atoms with Crippen LogP contribution in [0.25, 0.3) is 0 Å². The van der Waals surface area contributed by atoms with E-state index in [1.165, 1.54) is 43.7 Å². The van der Waals surface area contributed by atoms with Crippen molar-refractivity contribution in [1.29, 1.82) is 0 Å². The van der Waals surface area contributed by atoms with Gasteiger partial charge in [0, 0.05) is 30.5 Å². The molecule has 0 bridgehead atoms. The van der Waals surface area contributed by atoms with Crippen molar-refractivity contribution in [3.8, 4) is 0 Å². The smallest absolute Gasteiger partial charge is 0.0386 e. The summed E-state index contributed by atoms with van der Waals surface area (Å²) >= 11 is 0. The summed E-state index contributed by atoms with van der Waals surface area (Å²) < 4.78 is 0. The molecule has 1 saturated heterocycles. The second kappa shape index (κ2) is 6.12. The molecule has 1 aliphatic heterocycles. The van der Waals surface area contributed by atoms with Gasteiger partial charge in [0.05, 0.1) is 0 Å². The van der Waals surface area contributed by atoms with Gasteiger partial charge in [-0.2, -0.15) is 0 Å². The summed E-state index contributed by atoms with van der Waals surface area (Å²) in [5, 5.41) is 3.61. The Balaban J connectivity index is 1.98. The van der Waals surface area contributed by atoms with Crippen LogP contribution in [0.4, 0.5) is 11.4 Å². The number of nitrogens with one attached hydrogen (secondary N) is 1. The average Bonchev–Trinajstić information content (AvgIpc) is 2.81. The van der Waals surface area contributed by atoms with E-state index in [1.54, 1.807) is 0 Å². The lowest BCUT2D eigenvalue weighted by Crippen LogP contribution is -2.19. The first-order chi connectivity index (χ1) is 8.65. The van der Waals surface area contributed by atoms with E-state index in [0.717, 1.165) is 5.92 Å². The zero-order valence-corrected chi connectivity index (χ0v) is 11.9. The molecule has 18 heavy (non-hydrogen) atoms. The maximum absolute atomic E-state index is 3.61. The van der Waals surface area contributed by atoms with Gasteiger partial charge in [-0.25, -0.2) is 0 Å². The summed E-state index contributed by atoms with van der Waals surface area (Å²) in [5.74, 6) is 0.745. The predicted molar refractivity (Wildman–Crippen MR) is 80.4 cm³/mol. The summed E-state index contributed by atoms with van der Waals surface area (Å²) in [6, 6.07) is 9.40. The van der Waals surface area contributed by atoms with Gasteiger partial charge < -0.3 is 10.2 Å². The van der Waals surface area contributed by atoms with Crippen LogP contribution in [0, 0.1) is 5.92 Å². The second-order valence-electron chi connectivity index (χ2n) is 5.92. The van der Waals surface area contributed by atoms with E-state index < -0.39 is 0 Å².